The summed E-state index contributed by atoms with van der Waals surface area (Å²) in [5, 5.41) is 3.41. The standard InChI is InChI=1S/C19H18FNS/c20-14-7-5-6-13(12-14)15-8-3-4-11-19(15)16-9-1-2-10-17(16)21-18(19)22/h1-2,5-7,9-10,12,15H,3-4,8,11H2,(H,21,22). The summed E-state index contributed by atoms with van der Waals surface area (Å²) < 4.78 is 13.7. The second kappa shape index (κ2) is 5.17. The first-order valence-corrected chi connectivity index (χ1v) is 8.29. The third-order valence-corrected chi connectivity index (χ3v) is 5.69. The quantitative estimate of drug-likeness (QED) is 0.729. The Morgan fingerprint density at radius 3 is 2.82 bits per heavy atom. The number of fused-ring (bicyclic) bond motifs is 2. The van der Waals surface area contributed by atoms with Gasteiger partial charge < -0.3 is 5.32 Å². The molecule has 1 fully saturated rings. The topological polar surface area (TPSA) is 12.0 Å². The summed E-state index contributed by atoms with van der Waals surface area (Å²) in [6.07, 6.45) is 4.44. The zero-order chi connectivity index (χ0) is 15.2. The van der Waals surface area contributed by atoms with Crippen LogP contribution in [-0.4, -0.2) is 4.99 Å². The summed E-state index contributed by atoms with van der Waals surface area (Å²) in [7, 11) is 0. The highest BCUT2D eigenvalue weighted by molar-refractivity contribution is 7.80. The number of benzene rings is 2. The molecule has 2 aliphatic rings. The number of nitrogens with one attached hydrogen (secondary N) is 1. The number of para-hydroxylation sites is 1. The van der Waals surface area contributed by atoms with Crippen LogP contribution >= 0.6 is 12.2 Å². The Balaban J connectivity index is 1.89. The van der Waals surface area contributed by atoms with Gasteiger partial charge in [0.25, 0.3) is 0 Å². The zero-order valence-electron chi connectivity index (χ0n) is 12.3. The molecule has 0 saturated heterocycles. The molecule has 2 atom stereocenters. The summed E-state index contributed by atoms with van der Waals surface area (Å²) >= 11 is 5.76. The van der Waals surface area contributed by atoms with Crippen molar-refractivity contribution in [3.63, 3.8) is 0 Å². The summed E-state index contributed by atoms with van der Waals surface area (Å²) in [5.74, 6) is 0.0870. The van der Waals surface area contributed by atoms with Crippen LogP contribution in [0.2, 0.25) is 0 Å². The van der Waals surface area contributed by atoms with Crippen molar-refractivity contribution in [2.24, 2.45) is 0 Å². The van der Waals surface area contributed by atoms with Gasteiger partial charge in [0, 0.05) is 11.6 Å². The van der Waals surface area contributed by atoms with E-state index in [1.165, 1.54) is 24.5 Å². The maximum absolute atomic E-state index is 13.7. The van der Waals surface area contributed by atoms with Gasteiger partial charge in [0.15, 0.2) is 0 Å². The Labute approximate surface area is 135 Å². The van der Waals surface area contributed by atoms with Gasteiger partial charge in [0.2, 0.25) is 0 Å². The third-order valence-electron chi connectivity index (χ3n) is 5.22. The molecule has 3 heteroatoms. The van der Waals surface area contributed by atoms with Crippen molar-refractivity contribution in [2.45, 2.75) is 37.0 Å². The Bertz CT molecular complexity index is 742. The molecule has 1 nitrogen and oxygen atoms in total. The molecule has 0 amide bonds. The van der Waals surface area contributed by atoms with E-state index in [1.54, 1.807) is 6.07 Å². The van der Waals surface area contributed by atoms with Gasteiger partial charge in [-0.3, -0.25) is 0 Å². The van der Waals surface area contributed by atoms with Gasteiger partial charge in [-0.25, -0.2) is 4.39 Å². The second-order valence-corrected chi connectivity index (χ2v) is 6.73. The maximum Gasteiger partial charge on any atom is 0.123 e. The zero-order valence-corrected chi connectivity index (χ0v) is 13.1. The fraction of sp³-hybridized carbons (Fsp3) is 0.316. The van der Waals surface area contributed by atoms with E-state index in [9.17, 15) is 4.39 Å². The van der Waals surface area contributed by atoms with Gasteiger partial charge in [-0.1, -0.05) is 55.4 Å². The molecule has 1 aliphatic carbocycles. The highest BCUT2D eigenvalue weighted by Crippen LogP contribution is 2.55. The molecule has 1 aliphatic heterocycles. The van der Waals surface area contributed by atoms with Crippen LogP contribution in [0.15, 0.2) is 48.5 Å². The van der Waals surface area contributed by atoms with Crippen molar-refractivity contribution >= 4 is 22.9 Å². The molecule has 1 N–H and O–H groups in total. The fourth-order valence-electron chi connectivity index (χ4n) is 4.28. The van der Waals surface area contributed by atoms with E-state index >= 15 is 0 Å². The Kier molecular flexibility index (Phi) is 3.26. The van der Waals surface area contributed by atoms with Gasteiger partial charge in [0.05, 0.1) is 10.4 Å². The molecule has 1 spiro atoms. The molecular weight excluding hydrogens is 293 g/mol. The van der Waals surface area contributed by atoms with Crippen LogP contribution in [0.25, 0.3) is 0 Å². The van der Waals surface area contributed by atoms with Crippen molar-refractivity contribution in [3.8, 4) is 0 Å². The first-order chi connectivity index (χ1) is 10.7. The van der Waals surface area contributed by atoms with Crippen LogP contribution in [0.4, 0.5) is 10.1 Å². The molecular formula is C19H18FNS. The number of halogens is 1. The van der Waals surface area contributed by atoms with Crippen molar-refractivity contribution in [3.05, 3.63) is 65.5 Å². The molecule has 2 aromatic rings. The van der Waals surface area contributed by atoms with Gasteiger partial charge in [0.1, 0.15) is 5.82 Å². The highest BCUT2D eigenvalue weighted by Gasteiger charge is 2.50. The molecule has 112 valence electrons. The predicted octanol–water partition coefficient (Wildman–Crippen LogP) is 5.17. The minimum Gasteiger partial charge on any atom is -0.349 e. The van der Waals surface area contributed by atoms with Crippen LogP contribution in [-0.2, 0) is 5.41 Å². The monoisotopic (exact) mass is 311 g/mol. The molecule has 2 unspecified atom stereocenters. The number of rotatable bonds is 1. The lowest BCUT2D eigenvalue weighted by Crippen LogP contribution is -2.41. The molecule has 4 rings (SSSR count). The first kappa shape index (κ1) is 13.9. The summed E-state index contributed by atoms with van der Waals surface area (Å²) in [5.41, 5.74) is 3.31. The van der Waals surface area contributed by atoms with E-state index in [0.717, 1.165) is 29.1 Å². The predicted molar refractivity (Wildman–Crippen MR) is 91.9 cm³/mol. The van der Waals surface area contributed by atoms with E-state index in [4.69, 9.17) is 12.2 Å². The first-order valence-electron chi connectivity index (χ1n) is 7.88. The largest absolute Gasteiger partial charge is 0.349 e. The fourth-order valence-corrected chi connectivity index (χ4v) is 4.74. The van der Waals surface area contributed by atoms with Crippen LogP contribution in [0.3, 0.4) is 0 Å². The molecule has 22 heavy (non-hydrogen) atoms. The SMILES string of the molecule is Fc1cccc(C2CCCCC23C(=S)Nc2ccccc23)c1. The Hall–Kier alpha value is -1.74. The third kappa shape index (κ3) is 1.92. The second-order valence-electron chi connectivity index (χ2n) is 6.32. The van der Waals surface area contributed by atoms with E-state index in [-0.39, 0.29) is 17.2 Å². The van der Waals surface area contributed by atoms with Gasteiger partial charge in [-0.2, -0.15) is 0 Å². The summed E-state index contributed by atoms with van der Waals surface area (Å²) in [4.78, 5) is 0.905. The number of hydrogen-bond acceptors (Lipinski definition) is 1. The van der Waals surface area contributed by atoms with Crippen LogP contribution in [0.5, 0.6) is 0 Å². The van der Waals surface area contributed by atoms with E-state index in [0.29, 0.717) is 0 Å². The lowest BCUT2D eigenvalue weighted by molar-refractivity contribution is 0.333. The normalized spacial score (nSPS) is 26.8. The number of thiocarbonyl (C=S) groups is 1. The molecule has 0 radical (unpaired) electrons. The highest BCUT2D eigenvalue weighted by atomic mass is 32.1. The van der Waals surface area contributed by atoms with E-state index in [2.05, 4.69) is 23.5 Å². The molecule has 0 aromatic heterocycles. The Morgan fingerprint density at radius 2 is 1.95 bits per heavy atom. The minimum absolute atomic E-state index is 0.164. The Morgan fingerprint density at radius 1 is 1.09 bits per heavy atom. The summed E-state index contributed by atoms with van der Waals surface area (Å²) in [6, 6.07) is 15.4. The molecule has 1 saturated carbocycles. The van der Waals surface area contributed by atoms with E-state index in [1.807, 2.05) is 18.2 Å². The minimum atomic E-state index is -0.169. The van der Waals surface area contributed by atoms with Crippen LogP contribution in [0, 0.1) is 5.82 Å². The van der Waals surface area contributed by atoms with Gasteiger partial charge in [-0.15, -0.1) is 0 Å². The maximum atomic E-state index is 13.7. The molecule has 0 bridgehead atoms. The average Bonchev–Trinajstić information content (AvgIpc) is 2.81. The van der Waals surface area contributed by atoms with Crippen molar-refractivity contribution in [1.29, 1.82) is 0 Å². The van der Waals surface area contributed by atoms with Gasteiger partial charge >= 0.3 is 0 Å². The lowest BCUT2D eigenvalue weighted by atomic mass is 9.61. The lowest BCUT2D eigenvalue weighted by Gasteiger charge is -2.42. The average molecular weight is 311 g/mol. The van der Waals surface area contributed by atoms with Crippen LogP contribution in [0.1, 0.15) is 42.7 Å². The smallest absolute Gasteiger partial charge is 0.123 e. The molecule has 1 heterocycles. The summed E-state index contributed by atoms with van der Waals surface area (Å²) in [6.45, 7) is 0. The van der Waals surface area contributed by atoms with Gasteiger partial charge in [-0.05, 0) is 42.2 Å². The van der Waals surface area contributed by atoms with E-state index < -0.39 is 0 Å². The van der Waals surface area contributed by atoms with Crippen molar-refractivity contribution in [1.82, 2.24) is 0 Å². The number of hydrogen-bond donors (Lipinski definition) is 1. The van der Waals surface area contributed by atoms with Crippen LogP contribution < -0.4 is 5.32 Å². The van der Waals surface area contributed by atoms with Crippen molar-refractivity contribution < 1.29 is 4.39 Å². The van der Waals surface area contributed by atoms with Crippen molar-refractivity contribution in [2.75, 3.05) is 5.32 Å². The molecule has 2 aromatic carbocycles. The number of anilines is 1.